The van der Waals surface area contributed by atoms with E-state index in [1.54, 1.807) is 0 Å². The molecule has 4 rings (SSSR count). The highest BCUT2D eigenvalue weighted by Crippen LogP contribution is 2.39. The third-order valence-electron chi connectivity index (χ3n) is 4.25. The van der Waals surface area contributed by atoms with Gasteiger partial charge in [0.25, 0.3) is 0 Å². The van der Waals surface area contributed by atoms with Crippen LogP contribution < -0.4 is 5.32 Å². The lowest BCUT2D eigenvalue weighted by Crippen LogP contribution is -2.34. The topological polar surface area (TPSA) is 40.7 Å². The fourth-order valence-corrected chi connectivity index (χ4v) is 3.05. The Balaban J connectivity index is 1.46. The lowest BCUT2D eigenvalue weighted by molar-refractivity contribution is 0.374. The molecular weight excluding hydrogens is 246 g/mol. The zero-order valence-electron chi connectivity index (χ0n) is 11.2. The van der Waals surface area contributed by atoms with Gasteiger partial charge in [-0.2, -0.15) is 5.10 Å². The first-order chi connectivity index (χ1) is 9.90. The van der Waals surface area contributed by atoms with Crippen LogP contribution in [0.4, 0.5) is 5.69 Å². The first kappa shape index (κ1) is 11.5. The molecule has 1 aliphatic carbocycles. The van der Waals surface area contributed by atoms with E-state index < -0.39 is 0 Å². The number of hydrogen-bond acceptors (Lipinski definition) is 2. The Morgan fingerprint density at radius 3 is 2.70 bits per heavy atom. The van der Waals surface area contributed by atoms with E-state index in [9.17, 15) is 0 Å². The summed E-state index contributed by atoms with van der Waals surface area (Å²) in [6, 6.07) is 17.6. The Labute approximate surface area is 118 Å². The second-order valence-electron chi connectivity index (χ2n) is 5.56. The number of nitrogens with zero attached hydrogens (tertiary/aromatic N) is 1. The fourth-order valence-electron chi connectivity index (χ4n) is 3.05. The number of aromatic amines is 1. The van der Waals surface area contributed by atoms with Crippen LogP contribution in [0.2, 0.25) is 0 Å². The predicted molar refractivity (Wildman–Crippen MR) is 81.9 cm³/mol. The summed E-state index contributed by atoms with van der Waals surface area (Å²) in [7, 11) is 0. The number of benzene rings is 2. The Morgan fingerprint density at radius 2 is 1.85 bits per heavy atom. The van der Waals surface area contributed by atoms with E-state index in [0.29, 0.717) is 12.0 Å². The molecule has 0 unspecified atom stereocenters. The largest absolute Gasteiger partial charge is 0.382 e. The van der Waals surface area contributed by atoms with Gasteiger partial charge < -0.3 is 5.32 Å². The molecule has 0 spiro atoms. The summed E-state index contributed by atoms with van der Waals surface area (Å²) in [6.45, 7) is 0. The summed E-state index contributed by atoms with van der Waals surface area (Å²) in [5.41, 5.74) is 3.74. The van der Waals surface area contributed by atoms with E-state index >= 15 is 0 Å². The third-order valence-corrected chi connectivity index (χ3v) is 4.25. The Morgan fingerprint density at radius 1 is 1.00 bits per heavy atom. The number of anilines is 1. The first-order valence-electron chi connectivity index (χ1n) is 7.14. The highest BCUT2D eigenvalue weighted by atomic mass is 15.1. The van der Waals surface area contributed by atoms with E-state index in [2.05, 4.69) is 64.0 Å². The maximum Gasteiger partial charge on any atom is 0.0671 e. The Hall–Kier alpha value is -2.29. The molecule has 1 saturated carbocycles. The molecule has 1 aliphatic rings. The molecule has 0 radical (unpaired) electrons. The lowest BCUT2D eigenvalue weighted by Gasteiger charge is -2.37. The monoisotopic (exact) mass is 263 g/mol. The number of fused-ring (bicyclic) bond motifs is 1. The summed E-state index contributed by atoms with van der Waals surface area (Å²) in [5, 5.41) is 11.9. The van der Waals surface area contributed by atoms with Gasteiger partial charge in [-0.25, -0.2) is 0 Å². The van der Waals surface area contributed by atoms with Crippen LogP contribution in [0.25, 0.3) is 10.9 Å². The molecule has 0 saturated heterocycles. The van der Waals surface area contributed by atoms with Crippen molar-refractivity contribution in [3.05, 3.63) is 60.3 Å². The van der Waals surface area contributed by atoms with E-state index in [1.807, 2.05) is 6.20 Å². The van der Waals surface area contributed by atoms with Gasteiger partial charge in [0, 0.05) is 17.1 Å². The average molecular weight is 263 g/mol. The normalized spacial score (nSPS) is 21.6. The molecule has 0 aliphatic heterocycles. The molecule has 100 valence electrons. The molecular formula is C17H17N3. The third kappa shape index (κ3) is 1.95. The van der Waals surface area contributed by atoms with Crippen LogP contribution in [0.3, 0.4) is 0 Å². The van der Waals surface area contributed by atoms with Gasteiger partial charge in [0.1, 0.15) is 0 Å². The second-order valence-corrected chi connectivity index (χ2v) is 5.56. The van der Waals surface area contributed by atoms with Crippen LogP contribution in [0.15, 0.2) is 54.7 Å². The average Bonchev–Trinajstić information content (AvgIpc) is 2.92. The van der Waals surface area contributed by atoms with E-state index in [1.165, 1.54) is 29.5 Å². The number of H-pyrrole nitrogens is 1. The van der Waals surface area contributed by atoms with Gasteiger partial charge in [0.05, 0.1) is 11.7 Å². The van der Waals surface area contributed by atoms with Crippen LogP contribution in [0.5, 0.6) is 0 Å². The molecule has 2 aromatic carbocycles. The smallest absolute Gasteiger partial charge is 0.0671 e. The number of hydrogen-bond donors (Lipinski definition) is 2. The molecule has 2 N–H and O–H groups in total. The van der Waals surface area contributed by atoms with Crippen LogP contribution in [0.1, 0.15) is 24.3 Å². The minimum absolute atomic E-state index is 0.570. The van der Waals surface area contributed by atoms with Gasteiger partial charge in [-0.05, 0) is 36.5 Å². The molecule has 1 aromatic heterocycles. The molecule has 20 heavy (non-hydrogen) atoms. The predicted octanol–water partition coefficient (Wildman–Crippen LogP) is 3.92. The second kappa shape index (κ2) is 4.67. The van der Waals surface area contributed by atoms with E-state index in [0.717, 1.165) is 5.52 Å². The van der Waals surface area contributed by atoms with Gasteiger partial charge >= 0.3 is 0 Å². The molecule has 3 nitrogen and oxygen atoms in total. The summed E-state index contributed by atoms with van der Waals surface area (Å²) in [5.74, 6) is 0.706. The van der Waals surface area contributed by atoms with Crippen LogP contribution in [-0.2, 0) is 0 Å². The van der Waals surface area contributed by atoms with Crippen LogP contribution in [0, 0.1) is 0 Å². The van der Waals surface area contributed by atoms with E-state index in [-0.39, 0.29) is 0 Å². The molecule has 1 fully saturated rings. The standard InChI is InChI=1S/C17H17N3/c1-2-5-12(6-3-1)13-9-14(10-13)19-16-7-4-8-17-15(16)11-18-20-17/h1-8,11,13-14,19H,9-10H2,(H,18,20). The summed E-state index contributed by atoms with van der Waals surface area (Å²) in [4.78, 5) is 0. The van der Waals surface area contributed by atoms with Crippen molar-refractivity contribution >= 4 is 16.6 Å². The minimum atomic E-state index is 0.570. The SMILES string of the molecule is c1ccc(C2CC(Nc3cccc4[nH]ncc34)C2)cc1. The van der Waals surface area contributed by atoms with Crippen molar-refractivity contribution in [2.45, 2.75) is 24.8 Å². The van der Waals surface area contributed by atoms with Crippen molar-refractivity contribution in [1.29, 1.82) is 0 Å². The van der Waals surface area contributed by atoms with Crippen molar-refractivity contribution in [3.8, 4) is 0 Å². The molecule has 1 heterocycles. The summed E-state index contributed by atoms with van der Waals surface area (Å²) in [6.07, 6.45) is 4.31. The maximum absolute atomic E-state index is 4.11. The Kier molecular flexibility index (Phi) is 2.69. The van der Waals surface area contributed by atoms with Gasteiger partial charge in [0.2, 0.25) is 0 Å². The van der Waals surface area contributed by atoms with Gasteiger partial charge in [-0.3, -0.25) is 5.10 Å². The molecule has 0 amide bonds. The van der Waals surface area contributed by atoms with Gasteiger partial charge in [0.15, 0.2) is 0 Å². The fraction of sp³-hybridized carbons (Fsp3) is 0.235. The zero-order valence-corrected chi connectivity index (χ0v) is 11.2. The quantitative estimate of drug-likeness (QED) is 0.752. The lowest BCUT2D eigenvalue weighted by atomic mass is 9.76. The highest BCUT2D eigenvalue weighted by Gasteiger charge is 2.30. The minimum Gasteiger partial charge on any atom is -0.382 e. The summed E-state index contributed by atoms with van der Waals surface area (Å²) < 4.78 is 0. The molecule has 0 atom stereocenters. The van der Waals surface area contributed by atoms with Gasteiger partial charge in [-0.1, -0.05) is 36.4 Å². The van der Waals surface area contributed by atoms with Gasteiger partial charge in [-0.15, -0.1) is 0 Å². The van der Waals surface area contributed by atoms with E-state index in [4.69, 9.17) is 0 Å². The number of nitrogens with one attached hydrogen (secondary N) is 2. The van der Waals surface area contributed by atoms with Crippen molar-refractivity contribution in [1.82, 2.24) is 10.2 Å². The van der Waals surface area contributed by atoms with Crippen molar-refractivity contribution in [2.24, 2.45) is 0 Å². The zero-order chi connectivity index (χ0) is 13.4. The molecule has 3 aromatic rings. The number of aromatic nitrogens is 2. The van der Waals surface area contributed by atoms with Crippen LogP contribution >= 0.6 is 0 Å². The molecule has 3 heteroatoms. The highest BCUT2D eigenvalue weighted by molar-refractivity contribution is 5.90. The van der Waals surface area contributed by atoms with Crippen molar-refractivity contribution < 1.29 is 0 Å². The first-order valence-corrected chi connectivity index (χ1v) is 7.14. The maximum atomic E-state index is 4.11. The number of rotatable bonds is 3. The summed E-state index contributed by atoms with van der Waals surface area (Å²) >= 11 is 0. The Bertz CT molecular complexity index is 711. The van der Waals surface area contributed by atoms with Crippen LogP contribution in [-0.4, -0.2) is 16.2 Å². The van der Waals surface area contributed by atoms with Crippen molar-refractivity contribution in [2.75, 3.05) is 5.32 Å². The molecule has 0 bridgehead atoms. The van der Waals surface area contributed by atoms with Crippen molar-refractivity contribution in [3.63, 3.8) is 0 Å².